The van der Waals surface area contributed by atoms with Crippen molar-refractivity contribution < 1.29 is 41.6 Å². The molecule has 0 saturated carbocycles. The number of ether oxygens (including phenoxy) is 6. The third-order valence-electron chi connectivity index (χ3n) is 14.1. The van der Waals surface area contributed by atoms with Crippen LogP contribution >= 0.6 is 23.2 Å². The van der Waals surface area contributed by atoms with E-state index in [0.29, 0.717) is 77.1 Å². The summed E-state index contributed by atoms with van der Waals surface area (Å²) in [5, 5.41) is 0.882. The summed E-state index contributed by atoms with van der Waals surface area (Å²) in [5.41, 5.74) is 10.4. The number of benzene rings is 4. The number of rotatable bonds is 22. The molecule has 6 aromatic rings. The molecule has 2 atom stereocenters. The molecule has 4 heterocycles. The molecule has 4 aromatic carbocycles. The summed E-state index contributed by atoms with van der Waals surface area (Å²) < 4.78 is 70.6. The average molecular weight is 1160 g/mol. The Morgan fingerprint density at radius 2 is 1.06 bits per heavy atom. The van der Waals surface area contributed by atoms with Crippen molar-refractivity contribution >= 4 is 60.0 Å². The highest BCUT2D eigenvalue weighted by molar-refractivity contribution is 7.92. The van der Waals surface area contributed by atoms with Gasteiger partial charge < -0.3 is 28.4 Å². The molecule has 0 unspecified atom stereocenters. The maximum absolute atomic E-state index is 12.9. The SMILES string of the molecule is COC[C@@H]1CCCCN1Cc1cc(Cl)c(OCc2cccc(-c3cccc(COc4cc(OCc5cncc(N=S(C)(C)=O)c5)c(CN5CCCC[C@H]5C(=O)OC)cc4Cl)c3C)c2C)cc1OCc1cncc(N=S(C)(C)=O)c1. The zero-order valence-corrected chi connectivity index (χ0v) is 49.6. The summed E-state index contributed by atoms with van der Waals surface area (Å²) in [6, 6.07) is 23.4. The monoisotopic (exact) mass is 1150 g/mol. The fraction of sp³-hybridized carbons (Fsp3) is 0.417. The van der Waals surface area contributed by atoms with E-state index >= 15 is 0 Å². The molecule has 0 spiro atoms. The predicted molar refractivity (Wildman–Crippen MR) is 314 cm³/mol. The van der Waals surface area contributed by atoms with Gasteiger partial charge in [-0.2, -0.15) is 8.73 Å². The average Bonchev–Trinajstić information content (AvgIpc) is 3.40. The van der Waals surface area contributed by atoms with E-state index in [-0.39, 0.29) is 44.5 Å². The molecule has 79 heavy (non-hydrogen) atoms. The maximum Gasteiger partial charge on any atom is 0.323 e. The Morgan fingerprint density at radius 3 is 1.54 bits per heavy atom. The number of pyridine rings is 2. The molecule has 0 bridgehead atoms. The Kier molecular flexibility index (Phi) is 20.4. The third-order valence-corrected chi connectivity index (χ3v) is 16.0. The first kappa shape index (κ1) is 59.3. The summed E-state index contributed by atoms with van der Waals surface area (Å²) in [6.45, 7) is 8.33. The second-order valence-corrected chi connectivity index (χ2v) is 26.7. The Morgan fingerprint density at radius 1 is 0.595 bits per heavy atom. The van der Waals surface area contributed by atoms with Gasteiger partial charge in [0.05, 0.1) is 47.5 Å². The minimum Gasteiger partial charge on any atom is -0.488 e. The first-order valence-corrected chi connectivity index (χ1v) is 31.9. The standard InChI is InChI=1S/C60H72Cl2N6O9S2/c1-40-44(37-76-58-27-56(74-35-42-23-48(31-63-29-42)65-78(5,6)70)46(25-53(58)61)33-67-21-11-9-17-50(67)39-72-3)15-13-18-51(40)52-19-14-16-45(41(52)2)38-77-59-28-57(75-36-43-24-49(32-64-30-43)66-79(7,8)71)47(26-54(59)62)34-68-22-12-10-20-55(68)60(69)73-4/h13-16,18-19,23-32,50,55H,9-12,17,20-22,33-39H2,1-8H3/t50-,55-/m0/s1. The van der Waals surface area contributed by atoms with Crippen LogP contribution in [0.4, 0.5) is 11.4 Å². The van der Waals surface area contributed by atoms with Gasteiger partial charge in [-0.1, -0.05) is 72.4 Å². The third kappa shape index (κ3) is 16.4. The lowest BCUT2D eigenvalue weighted by Crippen LogP contribution is -2.44. The van der Waals surface area contributed by atoms with Crippen molar-refractivity contribution in [1.82, 2.24) is 19.8 Å². The number of piperidine rings is 2. The van der Waals surface area contributed by atoms with Gasteiger partial charge in [-0.25, -0.2) is 8.42 Å². The van der Waals surface area contributed by atoms with Crippen molar-refractivity contribution in [1.29, 1.82) is 0 Å². The van der Waals surface area contributed by atoms with Gasteiger partial charge in [0.1, 0.15) is 55.5 Å². The Hall–Kier alpha value is -5.79. The van der Waals surface area contributed by atoms with Crippen molar-refractivity contribution in [3.63, 3.8) is 0 Å². The first-order chi connectivity index (χ1) is 37.8. The smallest absolute Gasteiger partial charge is 0.323 e. The molecule has 0 amide bonds. The maximum atomic E-state index is 12.9. The number of aromatic nitrogens is 2. The fourth-order valence-electron chi connectivity index (χ4n) is 10.2. The van der Waals surface area contributed by atoms with E-state index in [1.165, 1.54) is 7.11 Å². The number of methoxy groups -OCH3 is 2. The summed E-state index contributed by atoms with van der Waals surface area (Å²) in [5.74, 6) is 1.84. The second-order valence-electron chi connectivity index (χ2n) is 20.8. The van der Waals surface area contributed by atoms with E-state index in [2.05, 4.69) is 60.5 Å². The highest BCUT2D eigenvalue weighted by atomic mass is 35.5. The number of likely N-dealkylation sites (tertiary alicyclic amines) is 2. The highest BCUT2D eigenvalue weighted by Crippen LogP contribution is 2.39. The number of esters is 1. The Balaban J connectivity index is 1.01. The molecule has 19 heteroatoms. The van der Waals surface area contributed by atoms with E-state index in [1.54, 1.807) is 63.0 Å². The minimum absolute atomic E-state index is 0.143. The van der Waals surface area contributed by atoms with Crippen molar-refractivity contribution in [2.45, 2.75) is 104 Å². The Labute approximate surface area is 476 Å². The lowest BCUT2D eigenvalue weighted by molar-refractivity contribution is -0.148. The van der Waals surface area contributed by atoms with Crippen LogP contribution in [-0.4, -0.2) is 105 Å². The van der Waals surface area contributed by atoms with Gasteiger partial charge in [0.25, 0.3) is 0 Å². The molecule has 2 aliphatic heterocycles. The molecule has 0 aliphatic carbocycles. The molecule has 8 rings (SSSR count). The van der Waals surface area contributed by atoms with Gasteiger partial charge in [0, 0.05) is 118 Å². The molecular formula is C60H72Cl2N6O9S2. The molecular weight excluding hydrogens is 1080 g/mol. The van der Waals surface area contributed by atoms with Crippen LogP contribution in [0.2, 0.25) is 10.0 Å². The minimum atomic E-state index is -2.40. The van der Waals surface area contributed by atoms with Crippen molar-refractivity contribution in [3.05, 3.63) is 152 Å². The molecule has 2 saturated heterocycles. The van der Waals surface area contributed by atoms with Crippen LogP contribution in [0, 0.1) is 13.8 Å². The lowest BCUT2D eigenvalue weighted by atomic mass is 9.92. The van der Waals surface area contributed by atoms with Crippen LogP contribution in [-0.2, 0) is 73.2 Å². The number of carbonyl (C=O) groups excluding carboxylic acids is 1. The van der Waals surface area contributed by atoms with Crippen LogP contribution in [0.5, 0.6) is 23.0 Å². The molecule has 2 aromatic heterocycles. The van der Waals surface area contributed by atoms with Crippen LogP contribution in [0.25, 0.3) is 11.1 Å². The fourth-order valence-corrected chi connectivity index (χ4v) is 11.9. The van der Waals surface area contributed by atoms with E-state index in [9.17, 15) is 13.2 Å². The van der Waals surface area contributed by atoms with Crippen molar-refractivity contribution in [3.8, 4) is 34.1 Å². The lowest BCUT2D eigenvalue weighted by Gasteiger charge is -2.35. The molecule has 422 valence electrons. The quantitative estimate of drug-likeness (QED) is 0.0591. The van der Waals surface area contributed by atoms with E-state index in [4.69, 9.17) is 51.6 Å². The van der Waals surface area contributed by atoms with Gasteiger partial charge in [-0.3, -0.25) is 24.6 Å². The first-order valence-electron chi connectivity index (χ1n) is 26.4. The number of nitrogens with zero attached hydrogens (tertiary/aromatic N) is 6. The molecule has 0 radical (unpaired) electrons. The second kappa shape index (κ2) is 27.1. The van der Waals surface area contributed by atoms with Gasteiger partial charge in [-0.05, 0) is 110 Å². The van der Waals surface area contributed by atoms with Crippen LogP contribution in [0.15, 0.2) is 106 Å². The zero-order chi connectivity index (χ0) is 56.3. The highest BCUT2D eigenvalue weighted by Gasteiger charge is 2.31. The summed E-state index contributed by atoms with van der Waals surface area (Å²) in [7, 11) is -1.62. The zero-order valence-electron chi connectivity index (χ0n) is 46.4. The Bertz CT molecular complexity index is 3380. The topological polar surface area (TPSA) is 164 Å². The molecule has 0 N–H and O–H groups in total. The van der Waals surface area contributed by atoms with Gasteiger partial charge in [0.15, 0.2) is 0 Å². The predicted octanol–water partition coefficient (Wildman–Crippen LogP) is 12.6. The number of carbonyl (C=O) groups is 1. The molecule has 2 fully saturated rings. The summed E-state index contributed by atoms with van der Waals surface area (Å²) in [6.07, 6.45) is 18.8. The number of halogens is 2. The molecule has 2 aliphatic rings. The normalized spacial score (nSPS) is 16.3. The van der Waals surface area contributed by atoms with Gasteiger partial charge >= 0.3 is 5.97 Å². The van der Waals surface area contributed by atoms with Crippen LogP contribution < -0.4 is 18.9 Å². The summed E-state index contributed by atoms with van der Waals surface area (Å²) >= 11 is 14.1. The number of hydrogen-bond donors (Lipinski definition) is 0. The van der Waals surface area contributed by atoms with E-state index < -0.39 is 19.5 Å². The van der Waals surface area contributed by atoms with Gasteiger partial charge in [-0.15, -0.1) is 0 Å². The largest absolute Gasteiger partial charge is 0.488 e. The summed E-state index contributed by atoms with van der Waals surface area (Å²) in [4.78, 5) is 26.1. The molecule has 15 nitrogen and oxygen atoms in total. The van der Waals surface area contributed by atoms with Crippen LogP contribution in [0.3, 0.4) is 0 Å². The van der Waals surface area contributed by atoms with Crippen molar-refractivity contribution in [2.75, 3.05) is 58.9 Å². The van der Waals surface area contributed by atoms with E-state index in [1.807, 2.05) is 48.5 Å². The van der Waals surface area contributed by atoms with Gasteiger partial charge in [0.2, 0.25) is 0 Å². The van der Waals surface area contributed by atoms with E-state index in [0.717, 1.165) is 94.3 Å². The number of hydrogen-bond acceptors (Lipinski definition) is 15. The van der Waals surface area contributed by atoms with Crippen LogP contribution in [0.1, 0.15) is 83.0 Å². The van der Waals surface area contributed by atoms with Crippen molar-refractivity contribution in [2.24, 2.45) is 8.73 Å².